The quantitative estimate of drug-likeness (QED) is 0.798. The van der Waals surface area contributed by atoms with Crippen LogP contribution in [0.15, 0.2) is 34.7 Å². The van der Waals surface area contributed by atoms with Gasteiger partial charge in [-0.3, -0.25) is 9.69 Å². The Kier molecular flexibility index (Phi) is 6.76. The Hall–Kier alpha value is -2.14. The van der Waals surface area contributed by atoms with Crippen LogP contribution in [0.5, 0.6) is 0 Å². The molecule has 5 heteroatoms. The van der Waals surface area contributed by atoms with Gasteiger partial charge in [0.2, 0.25) is 11.8 Å². The van der Waals surface area contributed by atoms with Crippen molar-refractivity contribution >= 4 is 5.91 Å². The van der Waals surface area contributed by atoms with Crippen molar-refractivity contribution in [2.45, 2.75) is 53.1 Å². The lowest BCUT2D eigenvalue weighted by atomic mass is 10.2. The maximum atomic E-state index is 12.2. The number of aromatic nitrogens is 1. The third-order valence-electron chi connectivity index (χ3n) is 4.26. The second-order valence-electron chi connectivity index (χ2n) is 6.84. The SMILES string of the molecule is Cc1oc(-c2ccccc2)nc1CC(=O)NCCN(C(C)C)C(C)C. The predicted octanol–water partition coefficient (Wildman–Crippen LogP) is 3.43. The number of hydrogen-bond acceptors (Lipinski definition) is 4. The van der Waals surface area contributed by atoms with Gasteiger partial charge in [0.15, 0.2) is 0 Å². The van der Waals surface area contributed by atoms with Crippen LogP contribution in [0.1, 0.15) is 39.1 Å². The molecule has 1 N–H and O–H groups in total. The third kappa shape index (κ3) is 5.43. The lowest BCUT2D eigenvalue weighted by Crippen LogP contribution is -2.42. The molecule has 0 radical (unpaired) electrons. The van der Waals surface area contributed by atoms with Gasteiger partial charge in [-0.25, -0.2) is 4.98 Å². The Labute approximate surface area is 150 Å². The predicted molar refractivity (Wildman–Crippen MR) is 100 cm³/mol. The summed E-state index contributed by atoms with van der Waals surface area (Å²) in [6.45, 7) is 12.0. The van der Waals surface area contributed by atoms with Crippen LogP contribution in [0.4, 0.5) is 0 Å². The highest BCUT2D eigenvalue weighted by Gasteiger charge is 2.16. The first-order valence-corrected chi connectivity index (χ1v) is 8.92. The zero-order valence-corrected chi connectivity index (χ0v) is 15.9. The van der Waals surface area contributed by atoms with Gasteiger partial charge in [-0.1, -0.05) is 18.2 Å². The van der Waals surface area contributed by atoms with E-state index in [2.05, 4.69) is 42.9 Å². The number of benzene rings is 1. The Morgan fingerprint density at radius 3 is 2.40 bits per heavy atom. The van der Waals surface area contributed by atoms with Crippen LogP contribution in [0, 0.1) is 6.92 Å². The van der Waals surface area contributed by atoms with Crippen molar-refractivity contribution in [3.8, 4) is 11.5 Å². The second kappa shape index (κ2) is 8.81. The molecule has 25 heavy (non-hydrogen) atoms. The number of nitrogens with one attached hydrogen (secondary N) is 1. The van der Waals surface area contributed by atoms with Crippen LogP contribution in [-0.4, -0.2) is 41.0 Å². The fourth-order valence-electron chi connectivity index (χ4n) is 2.95. The van der Waals surface area contributed by atoms with E-state index < -0.39 is 0 Å². The van der Waals surface area contributed by atoms with E-state index in [1.165, 1.54) is 0 Å². The van der Waals surface area contributed by atoms with E-state index >= 15 is 0 Å². The molecule has 0 bridgehead atoms. The summed E-state index contributed by atoms with van der Waals surface area (Å²) >= 11 is 0. The Bertz CT molecular complexity index is 670. The fraction of sp³-hybridized carbons (Fsp3) is 0.500. The van der Waals surface area contributed by atoms with E-state index in [4.69, 9.17) is 4.42 Å². The number of carbonyl (C=O) groups is 1. The molecule has 0 aliphatic rings. The van der Waals surface area contributed by atoms with Crippen LogP contribution < -0.4 is 5.32 Å². The summed E-state index contributed by atoms with van der Waals surface area (Å²) < 4.78 is 5.71. The Morgan fingerprint density at radius 1 is 1.16 bits per heavy atom. The van der Waals surface area contributed by atoms with Crippen molar-refractivity contribution in [2.24, 2.45) is 0 Å². The third-order valence-corrected chi connectivity index (χ3v) is 4.26. The molecule has 0 aliphatic carbocycles. The molecular formula is C20H29N3O2. The summed E-state index contributed by atoms with van der Waals surface area (Å²) in [6, 6.07) is 10.6. The molecule has 2 rings (SSSR count). The van der Waals surface area contributed by atoms with E-state index in [9.17, 15) is 4.79 Å². The standard InChI is InChI=1S/C20H29N3O2/c1-14(2)23(15(3)4)12-11-21-19(24)13-18-16(5)25-20(22-18)17-9-7-6-8-10-17/h6-10,14-15H,11-13H2,1-5H3,(H,21,24). The Balaban J connectivity index is 1.90. The van der Waals surface area contributed by atoms with Crippen molar-refractivity contribution in [3.63, 3.8) is 0 Å². The van der Waals surface area contributed by atoms with Gasteiger partial charge in [0, 0.05) is 30.7 Å². The lowest BCUT2D eigenvalue weighted by molar-refractivity contribution is -0.120. The Morgan fingerprint density at radius 2 is 1.80 bits per heavy atom. The fourth-order valence-corrected chi connectivity index (χ4v) is 2.95. The normalized spacial score (nSPS) is 11.5. The van der Waals surface area contributed by atoms with Crippen LogP contribution in [0.2, 0.25) is 0 Å². The molecule has 0 spiro atoms. The maximum absolute atomic E-state index is 12.2. The molecule has 1 aromatic heterocycles. The van der Waals surface area contributed by atoms with Gasteiger partial charge in [-0.05, 0) is 46.8 Å². The summed E-state index contributed by atoms with van der Waals surface area (Å²) in [5.74, 6) is 1.23. The molecule has 1 amide bonds. The van der Waals surface area contributed by atoms with Crippen LogP contribution in [0.3, 0.4) is 0 Å². The summed E-state index contributed by atoms with van der Waals surface area (Å²) in [4.78, 5) is 19.1. The van der Waals surface area contributed by atoms with Gasteiger partial charge in [-0.15, -0.1) is 0 Å². The van der Waals surface area contributed by atoms with Crippen molar-refractivity contribution in [1.82, 2.24) is 15.2 Å². The minimum absolute atomic E-state index is 0.0246. The summed E-state index contributed by atoms with van der Waals surface area (Å²) in [6.07, 6.45) is 0.242. The number of carbonyl (C=O) groups excluding carboxylic acids is 1. The highest BCUT2D eigenvalue weighted by atomic mass is 16.4. The first-order valence-electron chi connectivity index (χ1n) is 8.92. The average molecular weight is 343 g/mol. The average Bonchev–Trinajstić information content (AvgIpc) is 2.92. The molecular weight excluding hydrogens is 314 g/mol. The minimum Gasteiger partial charge on any atom is -0.441 e. The molecule has 0 fully saturated rings. The highest BCUT2D eigenvalue weighted by Crippen LogP contribution is 2.21. The molecule has 1 heterocycles. The van der Waals surface area contributed by atoms with E-state index in [1.54, 1.807) is 0 Å². The lowest BCUT2D eigenvalue weighted by Gasteiger charge is -2.30. The summed E-state index contributed by atoms with van der Waals surface area (Å²) in [5, 5.41) is 2.99. The molecule has 1 aromatic carbocycles. The van der Waals surface area contributed by atoms with Crippen LogP contribution >= 0.6 is 0 Å². The largest absolute Gasteiger partial charge is 0.441 e. The van der Waals surface area contributed by atoms with Gasteiger partial charge >= 0.3 is 0 Å². The van der Waals surface area contributed by atoms with E-state index in [-0.39, 0.29) is 12.3 Å². The topological polar surface area (TPSA) is 58.4 Å². The van der Waals surface area contributed by atoms with E-state index in [0.29, 0.717) is 36.0 Å². The maximum Gasteiger partial charge on any atom is 0.226 e. The molecule has 2 aromatic rings. The number of aryl methyl sites for hydroxylation is 1. The van der Waals surface area contributed by atoms with Gasteiger partial charge in [0.1, 0.15) is 5.76 Å². The molecule has 0 unspecified atom stereocenters. The van der Waals surface area contributed by atoms with Crippen LogP contribution in [0.25, 0.3) is 11.5 Å². The van der Waals surface area contributed by atoms with Gasteiger partial charge in [0.05, 0.1) is 12.1 Å². The zero-order valence-electron chi connectivity index (χ0n) is 15.9. The first-order chi connectivity index (χ1) is 11.9. The number of oxazole rings is 1. The number of hydrogen-bond donors (Lipinski definition) is 1. The molecule has 0 saturated carbocycles. The molecule has 5 nitrogen and oxygen atoms in total. The molecule has 0 saturated heterocycles. The van der Waals surface area contributed by atoms with Gasteiger partial charge < -0.3 is 9.73 Å². The number of nitrogens with zero attached hydrogens (tertiary/aromatic N) is 2. The van der Waals surface area contributed by atoms with Gasteiger partial charge in [0.25, 0.3) is 0 Å². The highest BCUT2D eigenvalue weighted by molar-refractivity contribution is 5.78. The smallest absolute Gasteiger partial charge is 0.226 e. The van der Waals surface area contributed by atoms with Crippen molar-refractivity contribution in [3.05, 3.63) is 41.8 Å². The summed E-state index contributed by atoms with van der Waals surface area (Å²) in [5.41, 5.74) is 1.61. The van der Waals surface area contributed by atoms with Crippen molar-refractivity contribution in [1.29, 1.82) is 0 Å². The number of rotatable bonds is 8. The van der Waals surface area contributed by atoms with Crippen LogP contribution in [-0.2, 0) is 11.2 Å². The molecule has 136 valence electrons. The first kappa shape index (κ1) is 19.2. The van der Waals surface area contributed by atoms with E-state index in [1.807, 2.05) is 37.3 Å². The molecule has 0 aliphatic heterocycles. The van der Waals surface area contributed by atoms with E-state index in [0.717, 1.165) is 12.1 Å². The second-order valence-corrected chi connectivity index (χ2v) is 6.84. The minimum atomic E-state index is -0.0246. The van der Waals surface area contributed by atoms with Crippen molar-refractivity contribution < 1.29 is 9.21 Å². The zero-order chi connectivity index (χ0) is 18.4. The monoisotopic (exact) mass is 343 g/mol. The number of amides is 1. The molecule has 0 atom stereocenters. The van der Waals surface area contributed by atoms with Gasteiger partial charge in [-0.2, -0.15) is 0 Å². The van der Waals surface area contributed by atoms with Crippen molar-refractivity contribution in [2.75, 3.05) is 13.1 Å². The summed E-state index contributed by atoms with van der Waals surface area (Å²) in [7, 11) is 0.